The Morgan fingerprint density at radius 1 is 1.29 bits per heavy atom. The second kappa shape index (κ2) is 5.08. The molecule has 0 atom stereocenters. The van der Waals surface area contributed by atoms with Crippen molar-refractivity contribution in [3.05, 3.63) is 12.2 Å². The lowest BCUT2D eigenvalue weighted by Gasteiger charge is -1.65. The topological polar surface area (TPSA) is 34.1 Å². The Morgan fingerprint density at radius 3 is 2.43 bits per heavy atom. The van der Waals surface area contributed by atoms with Crippen molar-refractivity contribution in [1.29, 1.82) is 0 Å². The first-order valence-electron chi connectivity index (χ1n) is 1.95. The zero-order valence-corrected chi connectivity index (χ0v) is 3.83. The largest absolute Gasteiger partial charge is 0.303 e. The standard InChI is InChI=1S/C5H6O2/c6-4-2-1-3-5-7/h1-2,4-5H,3H2. The van der Waals surface area contributed by atoms with E-state index in [2.05, 4.69) is 0 Å². The van der Waals surface area contributed by atoms with Crippen molar-refractivity contribution in [3.63, 3.8) is 0 Å². The average molecular weight is 98.1 g/mol. The van der Waals surface area contributed by atoms with E-state index < -0.39 is 0 Å². The third-order valence-electron chi connectivity index (χ3n) is 0.447. The Bertz CT molecular complexity index is 84.1. The first kappa shape index (κ1) is 6.08. The summed E-state index contributed by atoms with van der Waals surface area (Å²) in [6, 6.07) is 0. The van der Waals surface area contributed by atoms with Crippen LogP contribution < -0.4 is 0 Å². The first-order chi connectivity index (χ1) is 3.41. The molecule has 2 heteroatoms. The van der Waals surface area contributed by atoms with Crippen LogP contribution >= 0.6 is 0 Å². The van der Waals surface area contributed by atoms with E-state index in [1.165, 1.54) is 12.2 Å². The van der Waals surface area contributed by atoms with Gasteiger partial charge in [-0.25, -0.2) is 0 Å². The van der Waals surface area contributed by atoms with Crippen molar-refractivity contribution in [2.75, 3.05) is 0 Å². The molecule has 0 aromatic rings. The van der Waals surface area contributed by atoms with Gasteiger partial charge in [-0.15, -0.1) is 0 Å². The highest BCUT2D eigenvalue weighted by atomic mass is 16.1. The van der Waals surface area contributed by atoms with E-state index in [-0.39, 0.29) is 0 Å². The molecule has 0 spiro atoms. The molecule has 0 unspecified atom stereocenters. The van der Waals surface area contributed by atoms with Crippen LogP contribution in [0.5, 0.6) is 0 Å². The van der Waals surface area contributed by atoms with E-state index in [0.717, 1.165) is 6.29 Å². The third-order valence-corrected chi connectivity index (χ3v) is 0.447. The summed E-state index contributed by atoms with van der Waals surface area (Å²) in [6.45, 7) is 0. The summed E-state index contributed by atoms with van der Waals surface area (Å²) < 4.78 is 0. The third kappa shape index (κ3) is 5.08. The smallest absolute Gasteiger partial charge is 0.142 e. The predicted molar refractivity (Wildman–Crippen MR) is 25.9 cm³/mol. The van der Waals surface area contributed by atoms with Gasteiger partial charge in [0.25, 0.3) is 0 Å². The van der Waals surface area contributed by atoms with E-state index in [4.69, 9.17) is 0 Å². The van der Waals surface area contributed by atoms with Crippen LogP contribution in [0.4, 0.5) is 0 Å². The van der Waals surface area contributed by atoms with E-state index in [0.29, 0.717) is 12.7 Å². The molecule has 0 rings (SSSR count). The fraction of sp³-hybridized carbons (Fsp3) is 0.200. The van der Waals surface area contributed by atoms with Gasteiger partial charge in [0.1, 0.15) is 12.6 Å². The maximum absolute atomic E-state index is 9.51. The molecule has 0 heterocycles. The summed E-state index contributed by atoms with van der Waals surface area (Å²) >= 11 is 0. The van der Waals surface area contributed by atoms with Crippen molar-refractivity contribution < 1.29 is 9.59 Å². The number of rotatable bonds is 3. The summed E-state index contributed by atoms with van der Waals surface area (Å²) in [5.41, 5.74) is 0. The monoisotopic (exact) mass is 98.0 g/mol. The van der Waals surface area contributed by atoms with Gasteiger partial charge in [0, 0.05) is 6.42 Å². The lowest BCUT2D eigenvalue weighted by molar-refractivity contribution is -0.107. The summed E-state index contributed by atoms with van der Waals surface area (Å²) in [7, 11) is 0. The van der Waals surface area contributed by atoms with Gasteiger partial charge in [0.15, 0.2) is 0 Å². The van der Waals surface area contributed by atoms with Gasteiger partial charge >= 0.3 is 0 Å². The molecule has 0 aliphatic heterocycles. The first-order valence-corrected chi connectivity index (χ1v) is 1.95. The zero-order chi connectivity index (χ0) is 5.54. The van der Waals surface area contributed by atoms with E-state index >= 15 is 0 Å². The second-order valence-electron chi connectivity index (χ2n) is 0.967. The van der Waals surface area contributed by atoms with E-state index in [9.17, 15) is 9.59 Å². The molecule has 0 aromatic heterocycles. The fourth-order valence-electron chi connectivity index (χ4n) is 0.190. The fourth-order valence-corrected chi connectivity index (χ4v) is 0.190. The number of hydrogen-bond donors (Lipinski definition) is 0. The highest BCUT2D eigenvalue weighted by molar-refractivity contribution is 5.66. The molecule has 0 radical (unpaired) electrons. The SMILES string of the molecule is O=CC=CCC=O. The molecule has 0 bridgehead atoms. The minimum atomic E-state index is 0.332. The molecule has 0 amide bonds. The predicted octanol–water partition coefficient (Wildman–Crippen LogP) is 0.330. The molecular weight excluding hydrogens is 92.1 g/mol. The van der Waals surface area contributed by atoms with Crippen LogP contribution in [-0.2, 0) is 9.59 Å². The van der Waals surface area contributed by atoms with Crippen LogP contribution in [0.15, 0.2) is 12.2 Å². The van der Waals surface area contributed by atoms with Crippen molar-refractivity contribution in [3.8, 4) is 0 Å². The van der Waals surface area contributed by atoms with Gasteiger partial charge in [-0.1, -0.05) is 6.08 Å². The lowest BCUT2D eigenvalue weighted by Crippen LogP contribution is -1.65. The normalized spacial score (nSPS) is 9.14. The number of carbonyl (C=O) groups is 2. The maximum atomic E-state index is 9.51. The molecule has 0 aliphatic carbocycles. The van der Waals surface area contributed by atoms with Gasteiger partial charge in [0.2, 0.25) is 0 Å². The van der Waals surface area contributed by atoms with Crippen molar-refractivity contribution in [1.82, 2.24) is 0 Å². The molecule has 0 aromatic carbocycles. The Morgan fingerprint density at radius 2 is 2.00 bits per heavy atom. The van der Waals surface area contributed by atoms with Crippen LogP contribution in [0.1, 0.15) is 6.42 Å². The highest BCUT2D eigenvalue weighted by Crippen LogP contribution is 1.70. The van der Waals surface area contributed by atoms with Crippen LogP contribution in [-0.4, -0.2) is 12.6 Å². The molecule has 7 heavy (non-hydrogen) atoms. The minimum absolute atomic E-state index is 0.332. The van der Waals surface area contributed by atoms with Gasteiger partial charge in [-0.2, -0.15) is 0 Å². The average Bonchev–Trinajstić information content (AvgIpc) is 1.69. The quantitative estimate of drug-likeness (QED) is 0.376. The highest BCUT2D eigenvalue weighted by Gasteiger charge is 1.66. The van der Waals surface area contributed by atoms with Crippen LogP contribution in [0.2, 0.25) is 0 Å². The second-order valence-corrected chi connectivity index (χ2v) is 0.967. The molecule has 0 N–H and O–H groups in total. The van der Waals surface area contributed by atoms with Crippen molar-refractivity contribution in [2.24, 2.45) is 0 Å². The van der Waals surface area contributed by atoms with E-state index in [1.807, 2.05) is 0 Å². The number of carbonyl (C=O) groups excluding carboxylic acids is 2. The van der Waals surface area contributed by atoms with Gasteiger partial charge in [-0.3, -0.25) is 4.79 Å². The molecule has 2 nitrogen and oxygen atoms in total. The Kier molecular flexibility index (Phi) is 4.41. The van der Waals surface area contributed by atoms with Crippen molar-refractivity contribution in [2.45, 2.75) is 6.42 Å². The molecule has 0 saturated heterocycles. The Hall–Kier alpha value is -0.920. The maximum Gasteiger partial charge on any atom is 0.142 e. The molecule has 0 aliphatic rings. The lowest BCUT2D eigenvalue weighted by atomic mass is 10.4. The van der Waals surface area contributed by atoms with Crippen LogP contribution in [0, 0.1) is 0 Å². The van der Waals surface area contributed by atoms with Gasteiger partial charge in [-0.05, 0) is 6.08 Å². The number of aldehydes is 2. The van der Waals surface area contributed by atoms with Crippen LogP contribution in [0.3, 0.4) is 0 Å². The number of allylic oxidation sites excluding steroid dienone is 2. The minimum Gasteiger partial charge on any atom is -0.303 e. The van der Waals surface area contributed by atoms with E-state index in [1.54, 1.807) is 0 Å². The zero-order valence-electron chi connectivity index (χ0n) is 3.83. The molecule has 0 saturated carbocycles. The summed E-state index contributed by atoms with van der Waals surface area (Å²) in [5, 5.41) is 0. The molecular formula is C5H6O2. The van der Waals surface area contributed by atoms with Gasteiger partial charge < -0.3 is 4.79 Å². The van der Waals surface area contributed by atoms with Crippen molar-refractivity contribution >= 4 is 12.6 Å². The number of hydrogen-bond acceptors (Lipinski definition) is 2. The Labute approximate surface area is 41.8 Å². The summed E-state index contributed by atoms with van der Waals surface area (Å²) in [5.74, 6) is 0. The molecule has 0 fully saturated rings. The van der Waals surface area contributed by atoms with Crippen LogP contribution in [0.25, 0.3) is 0 Å². The Balaban J connectivity index is 3.08. The van der Waals surface area contributed by atoms with Gasteiger partial charge in [0.05, 0.1) is 0 Å². The summed E-state index contributed by atoms with van der Waals surface area (Å²) in [4.78, 5) is 19.0. The molecule has 38 valence electrons. The summed E-state index contributed by atoms with van der Waals surface area (Å²) in [6.07, 6.45) is 4.51.